The highest BCUT2D eigenvalue weighted by atomic mass is 35.5. The minimum Gasteiger partial charge on any atom is -0.324 e. The number of hydrogen-bond acceptors (Lipinski definition) is 3. The molecule has 0 atom stereocenters. The van der Waals surface area contributed by atoms with E-state index in [0.717, 1.165) is 11.4 Å². The Morgan fingerprint density at radius 2 is 1.76 bits per heavy atom. The fourth-order valence-corrected chi connectivity index (χ4v) is 2.54. The lowest BCUT2D eigenvalue weighted by Crippen LogP contribution is -2.02. The number of benzene rings is 2. The standard InChI is InChI=1S/C14H10Cl2N4S/c15-9-3-1-5-11(7-9)17-13-18-19-14(21)20(13)12-6-2-4-10(16)8-12/h1-8H,(H,17,18)(H,19,21). The van der Waals surface area contributed by atoms with Crippen LogP contribution in [0, 0.1) is 4.77 Å². The van der Waals surface area contributed by atoms with E-state index >= 15 is 0 Å². The Hall–Kier alpha value is -1.82. The molecule has 106 valence electrons. The zero-order valence-electron chi connectivity index (χ0n) is 10.7. The van der Waals surface area contributed by atoms with Gasteiger partial charge in [0.2, 0.25) is 10.7 Å². The molecule has 0 bridgehead atoms. The quantitative estimate of drug-likeness (QED) is 0.663. The summed E-state index contributed by atoms with van der Waals surface area (Å²) in [7, 11) is 0. The van der Waals surface area contributed by atoms with Crippen LogP contribution in [-0.4, -0.2) is 14.8 Å². The molecule has 0 aliphatic rings. The molecule has 2 N–H and O–H groups in total. The van der Waals surface area contributed by atoms with Gasteiger partial charge in [0.05, 0.1) is 5.69 Å². The third-order valence-electron chi connectivity index (χ3n) is 2.82. The first-order chi connectivity index (χ1) is 10.1. The van der Waals surface area contributed by atoms with E-state index in [1.54, 1.807) is 16.7 Å². The van der Waals surface area contributed by atoms with Gasteiger partial charge in [-0.05, 0) is 48.6 Å². The van der Waals surface area contributed by atoms with E-state index in [1.807, 2.05) is 36.4 Å². The van der Waals surface area contributed by atoms with Gasteiger partial charge in [-0.3, -0.25) is 4.57 Å². The molecule has 4 nitrogen and oxygen atoms in total. The van der Waals surface area contributed by atoms with Crippen LogP contribution in [0.15, 0.2) is 48.5 Å². The van der Waals surface area contributed by atoms with Crippen molar-refractivity contribution >= 4 is 47.1 Å². The number of H-pyrrole nitrogens is 1. The molecular weight excluding hydrogens is 327 g/mol. The third kappa shape index (κ3) is 3.10. The topological polar surface area (TPSA) is 45.6 Å². The Labute approximate surface area is 136 Å². The summed E-state index contributed by atoms with van der Waals surface area (Å²) in [5, 5.41) is 11.4. The van der Waals surface area contributed by atoms with E-state index in [2.05, 4.69) is 15.5 Å². The summed E-state index contributed by atoms with van der Waals surface area (Å²) in [4.78, 5) is 0. The van der Waals surface area contributed by atoms with Gasteiger partial charge >= 0.3 is 0 Å². The number of anilines is 2. The maximum Gasteiger partial charge on any atom is 0.232 e. The van der Waals surface area contributed by atoms with Gasteiger partial charge in [0.25, 0.3) is 0 Å². The molecule has 1 aromatic heterocycles. The zero-order valence-corrected chi connectivity index (χ0v) is 13.0. The number of aromatic amines is 1. The summed E-state index contributed by atoms with van der Waals surface area (Å²) in [5.74, 6) is 0.560. The average molecular weight is 337 g/mol. The first-order valence-corrected chi connectivity index (χ1v) is 7.26. The monoisotopic (exact) mass is 336 g/mol. The van der Waals surface area contributed by atoms with Gasteiger partial charge in [0, 0.05) is 15.7 Å². The number of rotatable bonds is 3. The Morgan fingerprint density at radius 1 is 1.05 bits per heavy atom. The SMILES string of the molecule is S=c1[nH]nc(Nc2cccc(Cl)c2)n1-c1cccc(Cl)c1. The predicted octanol–water partition coefficient (Wildman–Crippen LogP) is 4.98. The Kier molecular flexibility index (Phi) is 3.96. The summed E-state index contributed by atoms with van der Waals surface area (Å²) < 4.78 is 2.24. The second-order valence-corrected chi connectivity index (χ2v) is 5.56. The van der Waals surface area contributed by atoms with Crippen LogP contribution in [0.5, 0.6) is 0 Å². The summed E-state index contributed by atoms with van der Waals surface area (Å²) in [6.07, 6.45) is 0. The van der Waals surface area contributed by atoms with Crippen molar-refractivity contribution < 1.29 is 0 Å². The van der Waals surface area contributed by atoms with Crippen LogP contribution in [0.4, 0.5) is 11.6 Å². The van der Waals surface area contributed by atoms with Crippen molar-refractivity contribution in [3.63, 3.8) is 0 Å². The minimum absolute atomic E-state index is 0.474. The maximum absolute atomic E-state index is 6.03. The van der Waals surface area contributed by atoms with Crippen LogP contribution in [0.2, 0.25) is 10.0 Å². The van der Waals surface area contributed by atoms with Crippen molar-refractivity contribution in [1.29, 1.82) is 0 Å². The molecule has 2 aromatic carbocycles. The van der Waals surface area contributed by atoms with Crippen LogP contribution >= 0.6 is 35.4 Å². The molecule has 0 aliphatic heterocycles. The van der Waals surface area contributed by atoms with E-state index in [-0.39, 0.29) is 0 Å². The first-order valence-electron chi connectivity index (χ1n) is 6.09. The Balaban J connectivity index is 2.03. The van der Waals surface area contributed by atoms with E-state index in [0.29, 0.717) is 20.8 Å². The zero-order chi connectivity index (χ0) is 14.8. The summed E-state index contributed by atoms with van der Waals surface area (Å²) >= 11 is 17.3. The normalized spacial score (nSPS) is 10.6. The van der Waals surface area contributed by atoms with Gasteiger partial charge in [-0.25, -0.2) is 5.10 Å². The molecule has 3 rings (SSSR count). The highest BCUT2D eigenvalue weighted by Crippen LogP contribution is 2.23. The molecule has 0 spiro atoms. The molecule has 0 amide bonds. The largest absolute Gasteiger partial charge is 0.324 e. The van der Waals surface area contributed by atoms with Gasteiger partial charge < -0.3 is 5.32 Å². The molecule has 0 radical (unpaired) electrons. The van der Waals surface area contributed by atoms with E-state index in [1.165, 1.54) is 0 Å². The summed E-state index contributed by atoms with van der Waals surface area (Å²) in [6.45, 7) is 0. The second kappa shape index (κ2) is 5.89. The lowest BCUT2D eigenvalue weighted by Gasteiger charge is -2.09. The molecule has 0 aliphatic carbocycles. The van der Waals surface area contributed by atoms with E-state index in [9.17, 15) is 0 Å². The highest BCUT2D eigenvalue weighted by Gasteiger charge is 2.09. The maximum atomic E-state index is 6.03. The van der Waals surface area contributed by atoms with E-state index in [4.69, 9.17) is 35.4 Å². The molecule has 0 saturated carbocycles. The molecule has 21 heavy (non-hydrogen) atoms. The first kappa shape index (κ1) is 14.1. The lowest BCUT2D eigenvalue weighted by atomic mass is 10.3. The highest BCUT2D eigenvalue weighted by molar-refractivity contribution is 7.71. The molecular formula is C14H10Cl2N4S. The third-order valence-corrected chi connectivity index (χ3v) is 3.56. The molecule has 3 aromatic rings. The predicted molar refractivity (Wildman–Crippen MR) is 88.5 cm³/mol. The Morgan fingerprint density at radius 3 is 2.48 bits per heavy atom. The minimum atomic E-state index is 0.474. The number of aromatic nitrogens is 3. The van der Waals surface area contributed by atoms with Crippen LogP contribution in [-0.2, 0) is 0 Å². The summed E-state index contributed by atoms with van der Waals surface area (Å²) in [6, 6.07) is 14.7. The molecule has 7 heteroatoms. The smallest absolute Gasteiger partial charge is 0.232 e. The van der Waals surface area contributed by atoms with Gasteiger partial charge in [-0.1, -0.05) is 35.3 Å². The fraction of sp³-hybridized carbons (Fsp3) is 0. The number of halogens is 2. The van der Waals surface area contributed by atoms with Crippen molar-refractivity contribution in [3.8, 4) is 5.69 Å². The fourth-order valence-electron chi connectivity index (χ4n) is 1.93. The van der Waals surface area contributed by atoms with Gasteiger partial charge in [0.1, 0.15) is 0 Å². The molecule has 1 heterocycles. The van der Waals surface area contributed by atoms with Crippen molar-refractivity contribution in [2.45, 2.75) is 0 Å². The summed E-state index contributed by atoms with van der Waals surface area (Å²) in [5.41, 5.74) is 1.64. The van der Waals surface area contributed by atoms with Crippen LogP contribution in [0.25, 0.3) is 5.69 Å². The van der Waals surface area contributed by atoms with Crippen LogP contribution in [0.1, 0.15) is 0 Å². The van der Waals surface area contributed by atoms with Gasteiger partial charge in [-0.15, -0.1) is 5.10 Å². The average Bonchev–Trinajstić information content (AvgIpc) is 2.80. The molecule has 0 fully saturated rings. The van der Waals surface area contributed by atoms with Crippen molar-refractivity contribution in [2.24, 2.45) is 0 Å². The van der Waals surface area contributed by atoms with Crippen molar-refractivity contribution in [1.82, 2.24) is 14.8 Å². The van der Waals surface area contributed by atoms with Crippen LogP contribution in [0.3, 0.4) is 0 Å². The Bertz CT molecular complexity index is 841. The van der Waals surface area contributed by atoms with Crippen molar-refractivity contribution in [2.75, 3.05) is 5.32 Å². The van der Waals surface area contributed by atoms with E-state index < -0.39 is 0 Å². The van der Waals surface area contributed by atoms with Gasteiger partial charge in [-0.2, -0.15) is 0 Å². The second-order valence-electron chi connectivity index (χ2n) is 4.30. The number of nitrogens with zero attached hydrogens (tertiary/aromatic N) is 2. The van der Waals surface area contributed by atoms with Crippen LogP contribution < -0.4 is 5.32 Å². The van der Waals surface area contributed by atoms with Crippen molar-refractivity contribution in [3.05, 3.63) is 63.3 Å². The van der Waals surface area contributed by atoms with Gasteiger partial charge in [0.15, 0.2) is 0 Å². The lowest BCUT2D eigenvalue weighted by molar-refractivity contribution is 1.03. The molecule has 0 unspecified atom stereocenters. The number of nitrogens with one attached hydrogen (secondary N) is 2. The molecule has 0 saturated heterocycles. The number of hydrogen-bond donors (Lipinski definition) is 2.